The molecule has 0 bridgehead atoms. The number of hydrogen-bond acceptors (Lipinski definition) is 5. The van der Waals surface area contributed by atoms with Crippen LogP contribution in [0.3, 0.4) is 0 Å². The van der Waals surface area contributed by atoms with E-state index in [-0.39, 0.29) is 0 Å². The summed E-state index contributed by atoms with van der Waals surface area (Å²) in [5.74, 6) is 1.75. The Hall–Kier alpha value is -3.96. The van der Waals surface area contributed by atoms with Gasteiger partial charge in [-0.1, -0.05) is 47.1 Å². The second-order valence-corrected chi connectivity index (χ2v) is 7.62. The van der Waals surface area contributed by atoms with Crippen LogP contribution < -0.4 is 4.74 Å². The zero-order valence-corrected chi connectivity index (χ0v) is 17.7. The molecule has 0 atom stereocenters. The molecule has 0 aliphatic heterocycles. The Morgan fingerprint density at radius 2 is 1.56 bits per heavy atom. The molecule has 0 N–H and O–H groups in total. The molecule has 0 fully saturated rings. The number of benzene rings is 3. The fourth-order valence-electron chi connectivity index (χ4n) is 3.28. The van der Waals surface area contributed by atoms with Gasteiger partial charge in [0.05, 0.1) is 0 Å². The monoisotopic (exact) mass is 439 g/mol. The summed E-state index contributed by atoms with van der Waals surface area (Å²) in [6.07, 6.45) is 3.53. The van der Waals surface area contributed by atoms with Crippen molar-refractivity contribution in [2.45, 2.75) is 6.61 Å². The summed E-state index contributed by atoms with van der Waals surface area (Å²) in [7, 11) is 0. The van der Waals surface area contributed by atoms with Crippen molar-refractivity contribution in [1.82, 2.24) is 15.1 Å². The molecule has 0 spiro atoms. The fourth-order valence-corrected chi connectivity index (χ4v) is 3.47. The van der Waals surface area contributed by atoms with E-state index in [9.17, 15) is 0 Å². The van der Waals surface area contributed by atoms with E-state index >= 15 is 0 Å². The minimum absolute atomic E-state index is 0.463. The van der Waals surface area contributed by atoms with Crippen LogP contribution in [0, 0.1) is 0 Å². The van der Waals surface area contributed by atoms with Crippen molar-refractivity contribution in [3.8, 4) is 39.7 Å². The average molecular weight is 440 g/mol. The molecule has 0 amide bonds. The van der Waals surface area contributed by atoms with Crippen molar-refractivity contribution in [3.05, 3.63) is 108 Å². The van der Waals surface area contributed by atoms with E-state index in [2.05, 4.69) is 15.1 Å². The summed E-state index contributed by atoms with van der Waals surface area (Å²) in [5, 5.41) is 4.84. The Morgan fingerprint density at radius 1 is 0.781 bits per heavy atom. The van der Waals surface area contributed by atoms with Gasteiger partial charge in [-0.2, -0.15) is 4.98 Å². The number of halogens is 1. The third-order valence-electron chi connectivity index (χ3n) is 4.96. The van der Waals surface area contributed by atoms with E-state index in [0.717, 1.165) is 33.6 Å². The molecular formula is C26H18ClN3O2. The highest BCUT2D eigenvalue weighted by molar-refractivity contribution is 6.30. The number of ether oxygens (including phenoxy) is 1. The minimum Gasteiger partial charge on any atom is -0.489 e. The zero-order chi connectivity index (χ0) is 21.8. The van der Waals surface area contributed by atoms with Crippen molar-refractivity contribution < 1.29 is 9.26 Å². The van der Waals surface area contributed by atoms with Gasteiger partial charge in [0.2, 0.25) is 5.82 Å². The molecule has 0 aliphatic rings. The molecule has 5 rings (SSSR count). The normalized spacial score (nSPS) is 10.8. The molecule has 0 saturated carbocycles. The summed E-state index contributed by atoms with van der Waals surface area (Å²) >= 11 is 6.09. The number of aromatic nitrogens is 3. The molecule has 32 heavy (non-hydrogen) atoms. The lowest BCUT2D eigenvalue weighted by molar-refractivity contribution is 0.306. The standard InChI is InChI=1S/C26H18ClN3O2/c27-23-5-1-4-22(15-23)19-6-8-21(9-7-19)26-29-25(30-32-26)20-10-12-24(13-11-20)31-17-18-3-2-14-28-16-18/h1-16H,17H2. The Morgan fingerprint density at radius 3 is 2.31 bits per heavy atom. The highest BCUT2D eigenvalue weighted by Crippen LogP contribution is 2.27. The molecule has 5 aromatic rings. The third-order valence-corrected chi connectivity index (χ3v) is 5.19. The molecule has 2 aromatic heterocycles. The van der Waals surface area contributed by atoms with Gasteiger partial charge in [0, 0.05) is 34.1 Å². The van der Waals surface area contributed by atoms with Crippen LogP contribution in [0.4, 0.5) is 0 Å². The Bertz CT molecular complexity index is 1320. The van der Waals surface area contributed by atoms with E-state index in [1.165, 1.54) is 0 Å². The summed E-state index contributed by atoms with van der Waals surface area (Å²) in [4.78, 5) is 8.63. The van der Waals surface area contributed by atoms with E-state index < -0.39 is 0 Å². The van der Waals surface area contributed by atoms with Crippen molar-refractivity contribution in [2.75, 3.05) is 0 Å². The predicted molar refractivity (Wildman–Crippen MR) is 124 cm³/mol. The van der Waals surface area contributed by atoms with Crippen molar-refractivity contribution in [2.24, 2.45) is 0 Å². The lowest BCUT2D eigenvalue weighted by atomic mass is 10.0. The van der Waals surface area contributed by atoms with E-state index in [1.807, 2.05) is 84.9 Å². The van der Waals surface area contributed by atoms with Gasteiger partial charge in [-0.15, -0.1) is 0 Å². The molecular weight excluding hydrogens is 422 g/mol. The van der Waals surface area contributed by atoms with Gasteiger partial charge < -0.3 is 9.26 Å². The number of hydrogen-bond donors (Lipinski definition) is 0. The summed E-state index contributed by atoms with van der Waals surface area (Å²) in [6, 6.07) is 27.2. The molecule has 0 aliphatic carbocycles. The van der Waals surface area contributed by atoms with E-state index in [0.29, 0.717) is 23.3 Å². The number of pyridine rings is 1. The van der Waals surface area contributed by atoms with Crippen molar-refractivity contribution in [1.29, 1.82) is 0 Å². The summed E-state index contributed by atoms with van der Waals surface area (Å²) in [6.45, 7) is 0.463. The molecule has 5 nitrogen and oxygen atoms in total. The SMILES string of the molecule is Clc1cccc(-c2ccc(-c3nc(-c4ccc(OCc5cccnc5)cc4)no3)cc2)c1. The second kappa shape index (κ2) is 9.04. The van der Waals surface area contributed by atoms with Crippen LogP contribution >= 0.6 is 11.6 Å². The lowest BCUT2D eigenvalue weighted by Gasteiger charge is -2.06. The molecule has 0 saturated heterocycles. The largest absolute Gasteiger partial charge is 0.489 e. The highest BCUT2D eigenvalue weighted by Gasteiger charge is 2.11. The maximum atomic E-state index is 6.09. The van der Waals surface area contributed by atoms with Crippen LogP contribution in [0.15, 0.2) is 102 Å². The molecule has 156 valence electrons. The zero-order valence-electron chi connectivity index (χ0n) is 17.0. The Kier molecular flexibility index (Phi) is 5.64. The number of nitrogens with zero attached hydrogens (tertiary/aromatic N) is 3. The first kappa shape index (κ1) is 20.0. The average Bonchev–Trinajstić information content (AvgIpc) is 3.34. The first-order valence-corrected chi connectivity index (χ1v) is 10.4. The van der Waals surface area contributed by atoms with Crippen LogP contribution in [0.5, 0.6) is 5.75 Å². The minimum atomic E-state index is 0.463. The van der Waals surface area contributed by atoms with Crippen LogP contribution in [-0.2, 0) is 6.61 Å². The maximum absolute atomic E-state index is 6.09. The molecule has 0 radical (unpaired) electrons. The van der Waals surface area contributed by atoms with Gasteiger partial charge in [-0.3, -0.25) is 4.98 Å². The van der Waals surface area contributed by atoms with Crippen molar-refractivity contribution >= 4 is 11.6 Å². The Labute approximate surface area is 190 Å². The van der Waals surface area contributed by atoms with Crippen molar-refractivity contribution in [3.63, 3.8) is 0 Å². The summed E-state index contributed by atoms with van der Waals surface area (Å²) in [5.41, 5.74) is 4.84. The van der Waals surface area contributed by atoms with Gasteiger partial charge in [0.1, 0.15) is 12.4 Å². The quantitative estimate of drug-likeness (QED) is 0.294. The van der Waals surface area contributed by atoms with Crippen LogP contribution in [0.1, 0.15) is 5.56 Å². The molecule has 0 unspecified atom stereocenters. The third kappa shape index (κ3) is 4.53. The Balaban J connectivity index is 1.28. The summed E-state index contributed by atoms with van der Waals surface area (Å²) < 4.78 is 11.3. The smallest absolute Gasteiger partial charge is 0.258 e. The first-order chi connectivity index (χ1) is 15.7. The predicted octanol–water partition coefficient (Wildman–Crippen LogP) is 6.70. The van der Waals surface area contributed by atoms with Gasteiger partial charge in [0.15, 0.2) is 0 Å². The van der Waals surface area contributed by atoms with Gasteiger partial charge in [-0.05, 0) is 65.7 Å². The second-order valence-electron chi connectivity index (χ2n) is 7.19. The topological polar surface area (TPSA) is 61.0 Å². The first-order valence-electron chi connectivity index (χ1n) is 10.1. The van der Waals surface area contributed by atoms with Gasteiger partial charge in [-0.25, -0.2) is 0 Å². The van der Waals surface area contributed by atoms with Crippen LogP contribution in [0.2, 0.25) is 5.02 Å². The van der Waals surface area contributed by atoms with Gasteiger partial charge >= 0.3 is 0 Å². The van der Waals surface area contributed by atoms with E-state index in [1.54, 1.807) is 12.4 Å². The lowest BCUT2D eigenvalue weighted by Crippen LogP contribution is -1.95. The molecule has 6 heteroatoms. The highest BCUT2D eigenvalue weighted by atomic mass is 35.5. The van der Waals surface area contributed by atoms with E-state index in [4.69, 9.17) is 20.9 Å². The molecule has 2 heterocycles. The maximum Gasteiger partial charge on any atom is 0.258 e. The van der Waals surface area contributed by atoms with Gasteiger partial charge in [0.25, 0.3) is 5.89 Å². The van der Waals surface area contributed by atoms with Crippen LogP contribution in [0.25, 0.3) is 34.0 Å². The van der Waals surface area contributed by atoms with Crippen LogP contribution in [-0.4, -0.2) is 15.1 Å². The fraction of sp³-hybridized carbons (Fsp3) is 0.0385. The number of rotatable bonds is 6. The molecule has 3 aromatic carbocycles.